The highest BCUT2D eigenvalue weighted by atomic mass is 16.3. The lowest BCUT2D eigenvalue weighted by Gasteiger charge is -2.36. The van der Waals surface area contributed by atoms with Crippen molar-refractivity contribution < 1.29 is 9.90 Å². The standard InChI is InChI=1S/C20H31N3O2/c1-20(16-24,17-9-10-17)21-19(25)8-5-11-22-12-14-23(15-13-22)18-6-3-2-4-7-18/h2-4,6-7,17,24H,5,8-16H2,1H3,(H,21,25). The fourth-order valence-electron chi connectivity index (χ4n) is 3.70. The highest BCUT2D eigenvalue weighted by molar-refractivity contribution is 5.76. The number of hydrogen-bond acceptors (Lipinski definition) is 4. The van der Waals surface area contributed by atoms with Gasteiger partial charge in [-0.15, -0.1) is 0 Å². The second-order valence-corrected chi connectivity index (χ2v) is 7.67. The van der Waals surface area contributed by atoms with E-state index in [1.165, 1.54) is 5.69 Å². The Kier molecular flexibility index (Phi) is 5.97. The molecule has 1 heterocycles. The van der Waals surface area contributed by atoms with Crippen LogP contribution in [0.25, 0.3) is 0 Å². The van der Waals surface area contributed by atoms with Crippen LogP contribution in [0.2, 0.25) is 0 Å². The van der Waals surface area contributed by atoms with E-state index in [2.05, 4.69) is 45.4 Å². The zero-order valence-corrected chi connectivity index (χ0v) is 15.3. The van der Waals surface area contributed by atoms with E-state index in [1.54, 1.807) is 0 Å². The minimum atomic E-state index is -0.418. The van der Waals surface area contributed by atoms with Crippen molar-refractivity contribution in [1.82, 2.24) is 10.2 Å². The van der Waals surface area contributed by atoms with Gasteiger partial charge in [-0.3, -0.25) is 9.69 Å². The van der Waals surface area contributed by atoms with Crippen LogP contribution in [0.4, 0.5) is 5.69 Å². The summed E-state index contributed by atoms with van der Waals surface area (Å²) in [6.45, 7) is 7.15. The van der Waals surface area contributed by atoms with E-state index in [4.69, 9.17) is 0 Å². The molecule has 1 unspecified atom stereocenters. The van der Waals surface area contributed by atoms with Gasteiger partial charge in [0.1, 0.15) is 0 Å². The summed E-state index contributed by atoms with van der Waals surface area (Å²) in [5, 5.41) is 12.6. The van der Waals surface area contributed by atoms with Gasteiger partial charge in [0.2, 0.25) is 5.91 Å². The summed E-state index contributed by atoms with van der Waals surface area (Å²) < 4.78 is 0. The molecular weight excluding hydrogens is 314 g/mol. The van der Waals surface area contributed by atoms with Crippen molar-refractivity contribution in [2.75, 3.05) is 44.2 Å². The number of carbonyl (C=O) groups excluding carboxylic acids is 1. The monoisotopic (exact) mass is 345 g/mol. The Hall–Kier alpha value is -1.59. The summed E-state index contributed by atoms with van der Waals surface area (Å²) in [5.41, 5.74) is 0.878. The summed E-state index contributed by atoms with van der Waals surface area (Å²) in [7, 11) is 0. The Balaban J connectivity index is 1.34. The fraction of sp³-hybridized carbons (Fsp3) is 0.650. The number of rotatable bonds is 8. The smallest absolute Gasteiger partial charge is 0.220 e. The lowest BCUT2D eigenvalue weighted by molar-refractivity contribution is -0.123. The third-order valence-corrected chi connectivity index (χ3v) is 5.60. The van der Waals surface area contributed by atoms with Gasteiger partial charge in [0.15, 0.2) is 0 Å². The normalized spacial score (nSPS) is 21.0. The Morgan fingerprint density at radius 1 is 1.20 bits per heavy atom. The van der Waals surface area contributed by atoms with Gasteiger partial charge >= 0.3 is 0 Å². The summed E-state index contributed by atoms with van der Waals surface area (Å²) in [4.78, 5) is 17.0. The van der Waals surface area contributed by atoms with Crippen molar-refractivity contribution >= 4 is 11.6 Å². The number of nitrogens with zero attached hydrogens (tertiary/aromatic N) is 2. The van der Waals surface area contributed by atoms with Crippen molar-refractivity contribution in [2.24, 2.45) is 5.92 Å². The van der Waals surface area contributed by atoms with Crippen molar-refractivity contribution in [3.63, 3.8) is 0 Å². The largest absolute Gasteiger partial charge is 0.394 e. The zero-order valence-electron chi connectivity index (χ0n) is 15.3. The molecule has 3 rings (SSSR count). The van der Waals surface area contributed by atoms with E-state index < -0.39 is 5.54 Å². The molecule has 1 aliphatic heterocycles. The SMILES string of the molecule is CC(CO)(NC(=O)CCCN1CCN(c2ccccc2)CC1)C1CC1. The molecule has 2 N–H and O–H groups in total. The maximum atomic E-state index is 12.2. The molecule has 0 aromatic heterocycles. The quantitative estimate of drug-likeness (QED) is 0.755. The average Bonchev–Trinajstić information content (AvgIpc) is 3.49. The predicted octanol–water partition coefficient (Wildman–Crippen LogP) is 1.87. The second-order valence-electron chi connectivity index (χ2n) is 7.67. The van der Waals surface area contributed by atoms with Gasteiger partial charge in [0.05, 0.1) is 12.1 Å². The molecule has 1 aromatic rings. The molecular formula is C20H31N3O2. The number of para-hydroxylation sites is 1. The maximum Gasteiger partial charge on any atom is 0.220 e. The van der Waals surface area contributed by atoms with E-state index >= 15 is 0 Å². The topological polar surface area (TPSA) is 55.8 Å². The molecule has 5 nitrogen and oxygen atoms in total. The fourth-order valence-corrected chi connectivity index (χ4v) is 3.70. The zero-order chi connectivity index (χ0) is 17.7. The molecule has 138 valence electrons. The summed E-state index contributed by atoms with van der Waals surface area (Å²) in [5.74, 6) is 0.527. The summed E-state index contributed by atoms with van der Waals surface area (Å²) in [6, 6.07) is 10.6. The number of anilines is 1. The highest BCUT2D eigenvalue weighted by Gasteiger charge is 2.41. The van der Waals surface area contributed by atoms with Gasteiger partial charge in [0, 0.05) is 38.3 Å². The molecule has 1 atom stereocenters. The van der Waals surface area contributed by atoms with Crippen molar-refractivity contribution in [2.45, 2.75) is 38.1 Å². The van der Waals surface area contributed by atoms with E-state index in [1.807, 2.05) is 6.92 Å². The molecule has 1 amide bonds. The van der Waals surface area contributed by atoms with Crippen LogP contribution in [0.15, 0.2) is 30.3 Å². The van der Waals surface area contributed by atoms with Gasteiger partial charge in [-0.05, 0) is 50.8 Å². The van der Waals surface area contributed by atoms with Crippen LogP contribution in [0.5, 0.6) is 0 Å². The molecule has 1 aliphatic carbocycles. The van der Waals surface area contributed by atoms with Gasteiger partial charge in [0.25, 0.3) is 0 Å². The number of amides is 1. The molecule has 0 bridgehead atoms. The van der Waals surface area contributed by atoms with Gasteiger partial charge in [-0.2, -0.15) is 0 Å². The lowest BCUT2D eigenvalue weighted by atomic mass is 9.96. The second kappa shape index (κ2) is 8.19. The number of aliphatic hydroxyl groups is 1. The Morgan fingerprint density at radius 3 is 2.48 bits per heavy atom. The average molecular weight is 345 g/mol. The molecule has 25 heavy (non-hydrogen) atoms. The molecule has 2 fully saturated rings. The number of carbonyl (C=O) groups is 1. The molecule has 0 spiro atoms. The number of piperazine rings is 1. The van der Waals surface area contributed by atoms with E-state index in [9.17, 15) is 9.90 Å². The minimum absolute atomic E-state index is 0.0326. The Bertz CT molecular complexity index is 553. The number of nitrogens with one attached hydrogen (secondary N) is 1. The molecule has 0 radical (unpaired) electrons. The van der Waals surface area contributed by atoms with E-state index in [0.29, 0.717) is 12.3 Å². The number of hydrogen-bond donors (Lipinski definition) is 2. The molecule has 5 heteroatoms. The molecule has 1 aromatic carbocycles. The summed E-state index contributed by atoms with van der Waals surface area (Å²) >= 11 is 0. The first-order chi connectivity index (χ1) is 12.1. The maximum absolute atomic E-state index is 12.2. The third-order valence-electron chi connectivity index (χ3n) is 5.60. The van der Waals surface area contributed by atoms with Crippen LogP contribution in [-0.4, -0.2) is 60.8 Å². The number of benzene rings is 1. The Morgan fingerprint density at radius 2 is 1.88 bits per heavy atom. The van der Waals surface area contributed by atoms with Crippen molar-refractivity contribution in [1.29, 1.82) is 0 Å². The first-order valence-corrected chi connectivity index (χ1v) is 9.55. The van der Waals surface area contributed by atoms with Gasteiger partial charge in [-0.25, -0.2) is 0 Å². The van der Waals surface area contributed by atoms with Crippen molar-refractivity contribution in [3.8, 4) is 0 Å². The van der Waals surface area contributed by atoms with Crippen LogP contribution in [-0.2, 0) is 4.79 Å². The van der Waals surface area contributed by atoms with Crippen LogP contribution in [0.3, 0.4) is 0 Å². The van der Waals surface area contributed by atoms with E-state index in [-0.39, 0.29) is 12.5 Å². The third kappa shape index (κ3) is 4.95. The highest BCUT2D eigenvalue weighted by Crippen LogP contribution is 2.39. The first-order valence-electron chi connectivity index (χ1n) is 9.55. The Labute approximate surface area is 151 Å². The summed E-state index contributed by atoms with van der Waals surface area (Å²) in [6.07, 6.45) is 3.65. The van der Waals surface area contributed by atoms with Gasteiger partial charge < -0.3 is 15.3 Å². The number of aliphatic hydroxyl groups excluding tert-OH is 1. The minimum Gasteiger partial charge on any atom is -0.394 e. The molecule has 2 aliphatic rings. The molecule has 1 saturated heterocycles. The van der Waals surface area contributed by atoms with Crippen LogP contribution >= 0.6 is 0 Å². The van der Waals surface area contributed by atoms with Crippen LogP contribution in [0, 0.1) is 5.92 Å². The van der Waals surface area contributed by atoms with Gasteiger partial charge in [-0.1, -0.05) is 18.2 Å². The van der Waals surface area contributed by atoms with Crippen LogP contribution in [0.1, 0.15) is 32.6 Å². The lowest BCUT2D eigenvalue weighted by Crippen LogP contribution is -2.51. The molecule has 1 saturated carbocycles. The first kappa shape index (κ1) is 18.2. The van der Waals surface area contributed by atoms with Crippen LogP contribution < -0.4 is 10.2 Å². The van der Waals surface area contributed by atoms with Crippen molar-refractivity contribution in [3.05, 3.63) is 30.3 Å². The predicted molar refractivity (Wildman–Crippen MR) is 101 cm³/mol. The van der Waals surface area contributed by atoms with E-state index in [0.717, 1.165) is 52.0 Å².